The van der Waals surface area contributed by atoms with Crippen molar-refractivity contribution in [1.29, 1.82) is 0 Å². The minimum absolute atomic E-state index is 0.890. The summed E-state index contributed by atoms with van der Waals surface area (Å²) in [6, 6.07) is 85.3. The standard InChI is InChI=1S/C60H39NO/c1-3-13-40(14-4-1)42-23-30-47(31-24-42)61(48-32-25-43(26-33-48)41-15-5-2-6-16-41)49-34-27-44(28-35-49)46-38-56(60-58(39-46)55-21-11-12-22-59(55)62-60)45-29-36-54-52-19-8-7-17-50(52)51-18-9-10-20-53(51)57(54)37-45/h1-39H. The highest BCUT2D eigenvalue weighted by atomic mass is 16.3. The quantitative estimate of drug-likeness (QED) is 0.150. The minimum Gasteiger partial charge on any atom is -0.455 e. The first-order chi connectivity index (χ1) is 30.7. The van der Waals surface area contributed by atoms with Crippen molar-refractivity contribution in [3.05, 3.63) is 237 Å². The third-order valence-electron chi connectivity index (χ3n) is 12.5. The normalized spacial score (nSPS) is 11.5. The summed E-state index contributed by atoms with van der Waals surface area (Å²) in [6.07, 6.45) is 0. The minimum atomic E-state index is 0.890. The van der Waals surface area contributed by atoms with E-state index < -0.39 is 0 Å². The Balaban J connectivity index is 0.986. The Labute approximate surface area is 360 Å². The fourth-order valence-electron chi connectivity index (χ4n) is 9.40. The molecule has 0 unspecified atom stereocenters. The predicted molar refractivity (Wildman–Crippen MR) is 263 cm³/mol. The van der Waals surface area contributed by atoms with Crippen molar-refractivity contribution in [2.45, 2.75) is 0 Å². The van der Waals surface area contributed by atoms with Crippen molar-refractivity contribution in [3.8, 4) is 44.5 Å². The van der Waals surface area contributed by atoms with E-state index in [1.807, 2.05) is 6.07 Å². The molecule has 1 aromatic heterocycles. The van der Waals surface area contributed by atoms with E-state index in [-0.39, 0.29) is 0 Å². The molecule has 0 bridgehead atoms. The molecule has 0 aliphatic carbocycles. The molecule has 0 fully saturated rings. The molecule has 0 saturated heterocycles. The lowest BCUT2D eigenvalue weighted by Gasteiger charge is -2.26. The van der Waals surface area contributed by atoms with Crippen LogP contribution < -0.4 is 4.90 Å². The molecule has 290 valence electrons. The Morgan fingerprint density at radius 3 is 1.13 bits per heavy atom. The van der Waals surface area contributed by atoms with Crippen LogP contribution >= 0.6 is 0 Å². The van der Waals surface area contributed by atoms with Gasteiger partial charge in [0.1, 0.15) is 11.2 Å². The number of anilines is 3. The van der Waals surface area contributed by atoms with Crippen molar-refractivity contribution in [2.24, 2.45) is 0 Å². The molecule has 0 spiro atoms. The number of nitrogens with zero attached hydrogens (tertiary/aromatic N) is 1. The van der Waals surface area contributed by atoms with Gasteiger partial charge >= 0.3 is 0 Å². The molecule has 12 aromatic rings. The number of para-hydroxylation sites is 1. The molecule has 62 heavy (non-hydrogen) atoms. The summed E-state index contributed by atoms with van der Waals surface area (Å²) in [5.41, 5.74) is 14.3. The number of fused-ring (bicyclic) bond motifs is 9. The van der Waals surface area contributed by atoms with Gasteiger partial charge < -0.3 is 9.32 Å². The van der Waals surface area contributed by atoms with E-state index in [2.05, 4.69) is 235 Å². The van der Waals surface area contributed by atoms with E-state index >= 15 is 0 Å². The van der Waals surface area contributed by atoms with E-state index in [1.54, 1.807) is 0 Å². The van der Waals surface area contributed by atoms with E-state index in [0.717, 1.165) is 61.3 Å². The predicted octanol–water partition coefficient (Wildman–Crippen LogP) is 17.2. The lowest BCUT2D eigenvalue weighted by atomic mass is 9.90. The largest absolute Gasteiger partial charge is 0.455 e. The summed E-state index contributed by atoms with van der Waals surface area (Å²) in [7, 11) is 0. The molecular formula is C60H39NO. The highest BCUT2D eigenvalue weighted by Gasteiger charge is 2.18. The lowest BCUT2D eigenvalue weighted by Crippen LogP contribution is -2.09. The topological polar surface area (TPSA) is 16.4 Å². The first kappa shape index (κ1) is 35.7. The van der Waals surface area contributed by atoms with Crippen LogP contribution in [0.5, 0.6) is 0 Å². The number of rotatable bonds is 7. The molecule has 0 atom stereocenters. The van der Waals surface area contributed by atoms with Gasteiger partial charge in [0.05, 0.1) is 0 Å². The number of benzene rings is 11. The molecule has 0 N–H and O–H groups in total. The van der Waals surface area contributed by atoms with Gasteiger partial charge in [-0.1, -0.05) is 176 Å². The van der Waals surface area contributed by atoms with Gasteiger partial charge in [-0.2, -0.15) is 0 Å². The molecule has 0 radical (unpaired) electrons. The third-order valence-corrected chi connectivity index (χ3v) is 12.5. The number of hydrogen-bond donors (Lipinski definition) is 0. The highest BCUT2D eigenvalue weighted by molar-refractivity contribution is 6.26. The van der Waals surface area contributed by atoms with Crippen LogP contribution in [0.2, 0.25) is 0 Å². The van der Waals surface area contributed by atoms with Gasteiger partial charge in [0.25, 0.3) is 0 Å². The summed E-state index contributed by atoms with van der Waals surface area (Å²) in [4.78, 5) is 2.34. The molecular weight excluding hydrogens is 751 g/mol. The van der Waals surface area contributed by atoms with Crippen LogP contribution in [-0.2, 0) is 0 Å². The maximum Gasteiger partial charge on any atom is 0.143 e. The molecule has 1 heterocycles. The molecule has 11 aromatic carbocycles. The van der Waals surface area contributed by atoms with Crippen molar-refractivity contribution in [3.63, 3.8) is 0 Å². The van der Waals surface area contributed by atoms with E-state index in [1.165, 1.54) is 54.6 Å². The number of furan rings is 1. The second kappa shape index (κ2) is 14.8. The van der Waals surface area contributed by atoms with Crippen LogP contribution in [0.4, 0.5) is 17.1 Å². The average molecular weight is 790 g/mol. The van der Waals surface area contributed by atoms with E-state index in [9.17, 15) is 0 Å². The van der Waals surface area contributed by atoms with Gasteiger partial charge in [0, 0.05) is 33.4 Å². The average Bonchev–Trinajstić information content (AvgIpc) is 3.74. The van der Waals surface area contributed by atoms with Crippen LogP contribution in [0, 0.1) is 0 Å². The maximum absolute atomic E-state index is 6.71. The Bertz CT molecular complexity index is 3470. The van der Waals surface area contributed by atoms with Gasteiger partial charge in [-0.25, -0.2) is 0 Å². The van der Waals surface area contributed by atoms with Crippen LogP contribution in [0.1, 0.15) is 0 Å². The first-order valence-electron chi connectivity index (χ1n) is 21.2. The van der Waals surface area contributed by atoms with Crippen molar-refractivity contribution in [2.75, 3.05) is 4.90 Å². The Hall–Kier alpha value is -8.20. The molecule has 12 rings (SSSR count). The SMILES string of the molecule is c1ccc(-c2ccc(N(c3ccc(-c4ccccc4)cc3)c3ccc(-c4cc(-c5ccc6c7ccccc7c7ccccc7c6c5)c5oc6ccccc6c5c4)cc3)cc2)cc1. The Morgan fingerprint density at radius 2 is 0.613 bits per heavy atom. The summed E-state index contributed by atoms with van der Waals surface area (Å²) in [5, 5.41) is 9.79. The van der Waals surface area contributed by atoms with Crippen molar-refractivity contribution < 1.29 is 4.42 Å². The van der Waals surface area contributed by atoms with Crippen LogP contribution in [0.15, 0.2) is 241 Å². The summed E-state index contributed by atoms with van der Waals surface area (Å²) in [5.74, 6) is 0. The maximum atomic E-state index is 6.71. The lowest BCUT2D eigenvalue weighted by molar-refractivity contribution is 0.670. The van der Waals surface area contributed by atoms with Crippen LogP contribution in [0.25, 0.3) is 98.8 Å². The van der Waals surface area contributed by atoms with Gasteiger partial charge in [0.15, 0.2) is 0 Å². The van der Waals surface area contributed by atoms with Crippen LogP contribution in [-0.4, -0.2) is 0 Å². The Morgan fingerprint density at radius 1 is 0.242 bits per heavy atom. The fraction of sp³-hybridized carbons (Fsp3) is 0. The molecule has 2 nitrogen and oxygen atoms in total. The summed E-state index contributed by atoms with van der Waals surface area (Å²) >= 11 is 0. The van der Waals surface area contributed by atoms with E-state index in [0.29, 0.717) is 0 Å². The Kier molecular flexibility index (Phi) is 8.53. The smallest absolute Gasteiger partial charge is 0.143 e. The van der Waals surface area contributed by atoms with Gasteiger partial charge in [0.2, 0.25) is 0 Å². The fourth-order valence-corrected chi connectivity index (χ4v) is 9.40. The van der Waals surface area contributed by atoms with Gasteiger partial charge in [-0.05, 0) is 132 Å². The molecule has 2 heteroatoms. The van der Waals surface area contributed by atoms with Crippen molar-refractivity contribution in [1.82, 2.24) is 0 Å². The monoisotopic (exact) mass is 789 g/mol. The summed E-state index contributed by atoms with van der Waals surface area (Å²) in [6.45, 7) is 0. The van der Waals surface area contributed by atoms with Gasteiger partial charge in [-0.15, -0.1) is 0 Å². The second-order valence-electron chi connectivity index (χ2n) is 16.1. The number of hydrogen-bond acceptors (Lipinski definition) is 2. The van der Waals surface area contributed by atoms with Gasteiger partial charge in [-0.3, -0.25) is 0 Å². The molecule has 0 saturated carbocycles. The zero-order valence-electron chi connectivity index (χ0n) is 33.9. The second-order valence-corrected chi connectivity index (χ2v) is 16.1. The first-order valence-corrected chi connectivity index (χ1v) is 21.2. The summed E-state index contributed by atoms with van der Waals surface area (Å²) < 4.78 is 6.71. The van der Waals surface area contributed by atoms with Crippen molar-refractivity contribution >= 4 is 71.3 Å². The van der Waals surface area contributed by atoms with Crippen LogP contribution in [0.3, 0.4) is 0 Å². The van der Waals surface area contributed by atoms with E-state index in [4.69, 9.17) is 4.42 Å². The molecule has 0 aliphatic rings. The molecule has 0 aliphatic heterocycles. The molecule has 0 amide bonds. The third kappa shape index (κ3) is 6.12. The highest BCUT2D eigenvalue weighted by Crippen LogP contribution is 2.44. The zero-order valence-corrected chi connectivity index (χ0v) is 33.9. The zero-order chi connectivity index (χ0) is 41.0.